The molecule has 0 amide bonds. The van der Waals surface area contributed by atoms with Gasteiger partial charge in [-0.2, -0.15) is 13.2 Å². The normalized spacial score (nSPS) is 11.5. The van der Waals surface area contributed by atoms with Crippen molar-refractivity contribution >= 4 is 40.8 Å². The van der Waals surface area contributed by atoms with Crippen LogP contribution < -0.4 is 4.72 Å². The summed E-state index contributed by atoms with van der Waals surface area (Å²) in [7, 11) is 0. The van der Waals surface area contributed by atoms with Crippen molar-refractivity contribution in [1.29, 1.82) is 0 Å². The van der Waals surface area contributed by atoms with Crippen LogP contribution in [0.25, 0.3) is 0 Å². The van der Waals surface area contributed by atoms with Gasteiger partial charge in [0, 0.05) is 5.02 Å². The van der Waals surface area contributed by atoms with Gasteiger partial charge in [0.05, 0.1) is 21.8 Å². The van der Waals surface area contributed by atoms with Crippen LogP contribution in [-0.4, -0.2) is 10.1 Å². The SMILES string of the molecule is Oc1c(Cl)cc(Cl)cc1SNc1ccc(C(F)(F)F)nc1. The number of rotatable bonds is 3. The molecule has 0 radical (unpaired) electrons. The van der Waals surface area contributed by atoms with E-state index in [1.807, 2.05) is 0 Å². The molecule has 0 spiro atoms. The fourth-order valence-electron chi connectivity index (χ4n) is 1.36. The molecule has 9 heteroatoms. The first-order chi connectivity index (χ1) is 9.77. The van der Waals surface area contributed by atoms with Gasteiger partial charge in [0.1, 0.15) is 11.4 Å². The topological polar surface area (TPSA) is 45.1 Å². The highest BCUT2D eigenvalue weighted by molar-refractivity contribution is 8.00. The van der Waals surface area contributed by atoms with Gasteiger partial charge < -0.3 is 9.83 Å². The van der Waals surface area contributed by atoms with Crippen LogP contribution in [0.3, 0.4) is 0 Å². The zero-order valence-corrected chi connectivity index (χ0v) is 12.4. The van der Waals surface area contributed by atoms with Crippen molar-refractivity contribution < 1.29 is 18.3 Å². The molecule has 0 saturated heterocycles. The minimum Gasteiger partial charge on any atom is -0.505 e. The number of benzene rings is 1. The largest absolute Gasteiger partial charge is 0.505 e. The molecule has 112 valence electrons. The number of phenolic OH excluding ortho intramolecular Hbond substituents is 1. The summed E-state index contributed by atoms with van der Waals surface area (Å²) >= 11 is 12.5. The fourth-order valence-corrected chi connectivity index (χ4v) is 2.71. The van der Waals surface area contributed by atoms with Crippen molar-refractivity contribution in [3.8, 4) is 5.75 Å². The summed E-state index contributed by atoms with van der Waals surface area (Å²) in [4.78, 5) is 3.64. The molecular weight excluding hydrogens is 348 g/mol. The van der Waals surface area contributed by atoms with E-state index in [4.69, 9.17) is 23.2 Å². The zero-order valence-electron chi connectivity index (χ0n) is 10.1. The lowest BCUT2D eigenvalue weighted by Gasteiger charge is -2.10. The number of hydrogen-bond acceptors (Lipinski definition) is 4. The molecule has 0 bridgehead atoms. The van der Waals surface area contributed by atoms with Crippen molar-refractivity contribution in [2.75, 3.05) is 4.72 Å². The van der Waals surface area contributed by atoms with Crippen LogP contribution in [0.5, 0.6) is 5.75 Å². The number of nitrogens with zero attached hydrogens (tertiary/aromatic N) is 1. The number of alkyl halides is 3. The fraction of sp³-hybridized carbons (Fsp3) is 0.0833. The molecule has 21 heavy (non-hydrogen) atoms. The Morgan fingerprint density at radius 1 is 1.19 bits per heavy atom. The van der Waals surface area contributed by atoms with Gasteiger partial charge in [-0.15, -0.1) is 0 Å². The summed E-state index contributed by atoms with van der Waals surface area (Å²) in [6.45, 7) is 0. The molecule has 2 aromatic rings. The third-order valence-corrected chi connectivity index (χ3v) is 3.70. The number of hydrogen-bond donors (Lipinski definition) is 2. The van der Waals surface area contributed by atoms with Crippen LogP contribution in [0.15, 0.2) is 35.4 Å². The monoisotopic (exact) mass is 354 g/mol. The van der Waals surface area contributed by atoms with Crippen LogP contribution >= 0.6 is 35.1 Å². The Morgan fingerprint density at radius 2 is 1.90 bits per heavy atom. The lowest BCUT2D eigenvalue weighted by atomic mass is 10.3. The Bertz CT molecular complexity index is 650. The van der Waals surface area contributed by atoms with E-state index in [1.54, 1.807) is 0 Å². The van der Waals surface area contributed by atoms with E-state index in [9.17, 15) is 18.3 Å². The highest BCUT2D eigenvalue weighted by Crippen LogP contribution is 2.37. The number of aromatic hydroxyl groups is 1. The third kappa shape index (κ3) is 4.09. The van der Waals surface area contributed by atoms with Gasteiger partial charge in [-0.05, 0) is 36.2 Å². The Labute approximate surface area is 132 Å². The first-order valence-electron chi connectivity index (χ1n) is 5.41. The predicted octanol–water partition coefficient (Wildman–Crippen LogP) is 5.23. The Morgan fingerprint density at radius 3 is 2.48 bits per heavy atom. The van der Waals surface area contributed by atoms with Gasteiger partial charge in [0.2, 0.25) is 0 Å². The molecule has 1 aromatic heterocycles. The number of aromatic nitrogens is 1. The number of nitrogens with one attached hydrogen (secondary N) is 1. The maximum atomic E-state index is 12.4. The average molecular weight is 355 g/mol. The summed E-state index contributed by atoms with van der Waals surface area (Å²) in [6.07, 6.45) is -3.44. The van der Waals surface area contributed by atoms with Gasteiger partial charge in [-0.1, -0.05) is 23.2 Å². The molecule has 0 fully saturated rings. The minimum absolute atomic E-state index is 0.0809. The molecule has 1 aromatic carbocycles. The third-order valence-electron chi connectivity index (χ3n) is 2.33. The summed E-state index contributed by atoms with van der Waals surface area (Å²) in [5.74, 6) is -0.168. The van der Waals surface area contributed by atoms with Crippen molar-refractivity contribution in [1.82, 2.24) is 4.98 Å². The van der Waals surface area contributed by atoms with E-state index in [2.05, 4.69) is 9.71 Å². The van der Waals surface area contributed by atoms with Crippen molar-refractivity contribution in [3.05, 3.63) is 46.2 Å². The van der Waals surface area contributed by atoms with Crippen LogP contribution in [0.4, 0.5) is 18.9 Å². The second-order valence-corrected chi connectivity index (χ2v) is 5.56. The van der Waals surface area contributed by atoms with Gasteiger partial charge in [-0.25, -0.2) is 4.98 Å². The molecule has 0 saturated carbocycles. The van der Waals surface area contributed by atoms with Crippen molar-refractivity contribution in [2.45, 2.75) is 11.1 Å². The first kappa shape index (κ1) is 16.1. The lowest BCUT2D eigenvalue weighted by Crippen LogP contribution is -2.07. The lowest BCUT2D eigenvalue weighted by molar-refractivity contribution is -0.141. The highest BCUT2D eigenvalue weighted by Gasteiger charge is 2.32. The van der Waals surface area contributed by atoms with Crippen molar-refractivity contribution in [3.63, 3.8) is 0 Å². The van der Waals surface area contributed by atoms with Gasteiger partial charge >= 0.3 is 6.18 Å². The zero-order chi connectivity index (χ0) is 15.6. The molecule has 0 atom stereocenters. The summed E-state index contributed by atoms with van der Waals surface area (Å²) < 4.78 is 39.8. The minimum atomic E-state index is -4.48. The summed E-state index contributed by atoms with van der Waals surface area (Å²) in [5, 5.41) is 10.1. The molecular formula is C12H7Cl2F3N2OS. The van der Waals surface area contributed by atoms with Crippen molar-refractivity contribution in [2.24, 2.45) is 0 Å². The summed E-state index contributed by atoms with van der Waals surface area (Å²) in [5.41, 5.74) is -0.643. The molecule has 0 aliphatic rings. The van der Waals surface area contributed by atoms with E-state index in [0.717, 1.165) is 24.2 Å². The first-order valence-corrected chi connectivity index (χ1v) is 6.99. The Kier molecular flexibility index (Phi) is 4.75. The van der Waals surface area contributed by atoms with E-state index in [-0.39, 0.29) is 10.8 Å². The molecule has 0 aliphatic carbocycles. The summed E-state index contributed by atoms with van der Waals surface area (Å²) in [6, 6.07) is 4.93. The number of anilines is 1. The van der Waals surface area contributed by atoms with Crippen LogP contribution in [0.1, 0.15) is 5.69 Å². The van der Waals surface area contributed by atoms with Gasteiger partial charge in [0.25, 0.3) is 0 Å². The van der Waals surface area contributed by atoms with E-state index < -0.39 is 11.9 Å². The highest BCUT2D eigenvalue weighted by atomic mass is 35.5. The van der Waals surface area contributed by atoms with Crippen LogP contribution in [0, 0.1) is 0 Å². The number of halogens is 5. The smallest absolute Gasteiger partial charge is 0.433 e. The predicted molar refractivity (Wildman–Crippen MR) is 76.8 cm³/mol. The maximum Gasteiger partial charge on any atom is 0.433 e. The van der Waals surface area contributed by atoms with Crippen LogP contribution in [0.2, 0.25) is 10.0 Å². The Balaban J connectivity index is 2.10. The van der Waals surface area contributed by atoms with Gasteiger partial charge in [-0.3, -0.25) is 0 Å². The van der Waals surface area contributed by atoms with Crippen LogP contribution in [-0.2, 0) is 6.18 Å². The average Bonchev–Trinajstić information content (AvgIpc) is 2.40. The quantitative estimate of drug-likeness (QED) is 0.740. The second-order valence-electron chi connectivity index (χ2n) is 3.87. The van der Waals surface area contributed by atoms with E-state index in [1.165, 1.54) is 18.2 Å². The second kappa shape index (κ2) is 6.21. The molecule has 3 nitrogen and oxygen atoms in total. The van der Waals surface area contributed by atoms with Gasteiger partial charge in [0.15, 0.2) is 0 Å². The molecule has 1 heterocycles. The molecule has 0 aliphatic heterocycles. The standard InChI is InChI=1S/C12H7Cl2F3N2OS/c13-6-3-8(14)11(20)9(4-6)21-19-7-1-2-10(18-5-7)12(15,16)17/h1-5,19-20H. The Hall–Kier alpha value is -1.31. The molecule has 2 rings (SSSR count). The number of pyridine rings is 1. The molecule has 0 unspecified atom stereocenters. The maximum absolute atomic E-state index is 12.4. The van der Waals surface area contributed by atoms with E-state index in [0.29, 0.717) is 15.6 Å². The number of phenols is 1. The molecule has 2 N–H and O–H groups in total. The van der Waals surface area contributed by atoms with E-state index >= 15 is 0 Å².